The smallest absolute Gasteiger partial charge is 0.250 e. The van der Waals surface area contributed by atoms with E-state index in [1.807, 2.05) is 6.07 Å². The quantitative estimate of drug-likeness (QED) is 0.762. The number of rotatable bonds is 2. The van der Waals surface area contributed by atoms with Gasteiger partial charge in [-0.1, -0.05) is 6.92 Å². The number of hydrogen-bond donors (Lipinski definition) is 2. The van der Waals surface area contributed by atoms with Crippen molar-refractivity contribution in [3.63, 3.8) is 0 Å². The molecule has 0 unspecified atom stereocenters. The van der Waals surface area contributed by atoms with Crippen molar-refractivity contribution in [3.8, 4) is 0 Å². The van der Waals surface area contributed by atoms with Crippen molar-refractivity contribution >= 4 is 17.3 Å². The largest absolute Gasteiger partial charge is 0.399 e. The molecule has 0 aliphatic carbocycles. The van der Waals surface area contributed by atoms with Gasteiger partial charge < -0.3 is 16.4 Å². The zero-order valence-corrected chi connectivity index (χ0v) is 10.1. The molecule has 0 spiro atoms. The number of primary amides is 1. The normalized spacial score (nSPS) is 17.1. The van der Waals surface area contributed by atoms with Crippen molar-refractivity contribution in [3.05, 3.63) is 23.8 Å². The van der Waals surface area contributed by atoms with Gasteiger partial charge in [0.2, 0.25) is 0 Å². The highest BCUT2D eigenvalue weighted by molar-refractivity contribution is 5.99. The summed E-state index contributed by atoms with van der Waals surface area (Å²) in [6.45, 7) is 4.18. The molecule has 92 valence electrons. The molecule has 1 aliphatic heterocycles. The fraction of sp³-hybridized carbons (Fsp3) is 0.462. The second-order valence-corrected chi connectivity index (χ2v) is 4.81. The molecule has 1 saturated heterocycles. The summed E-state index contributed by atoms with van der Waals surface area (Å²) >= 11 is 0. The third-order valence-corrected chi connectivity index (χ3v) is 3.41. The van der Waals surface area contributed by atoms with Crippen LogP contribution in [0.15, 0.2) is 18.2 Å². The number of carbonyl (C=O) groups excluding carboxylic acids is 1. The highest BCUT2D eigenvalue weighted by atomic mass is 16.1. The lowest BCUT2D eigenvalue weighted by molar-refractivity contribution is 0.100. The molecule has 4 nitrogen and oxygen atoms in total. The first-order valence-corrected chi connectivity index (χ1v) is 6.02. The Morgan fingerprint density at radius 1 is 1.35 bits per heavy atom. The molecule has 1 aliphatic rings. The molecule has 1 aromatic rings. The Morgan fingerprint density at radius 3 is 2.59 bits per heavy atom. The SMILES string of the molecule is CC1CCN(c2cc(N)ccc2C(N)=O)CC1. The van der Waals surface area contributed by atoms with Gasteiger partial charge in [-0.25, -0.2) is 0 Å². The molecular weight excluding hydrogens is 214 g/mol. The zero-order valence-electron chi connectivity index (χ0n) is 10.1. The molecule has 17 heavy (non-hydrogen) atoms. The lowest BCUT2D eigenvalue weighted by Gasteiger charge is -2.33. The van der Waals surface area contributed by atoms with Crippen molar-refractivity contribution in [1.82, 2.24) is 0 Å². The van der Waals surface area contributed by atoms with Crippen LogP contribution in [0, 0.1) is 5.92 Å². The maximum absolute atomic E-state index is 11.4. The minimum atomic E-state index is -0.390. The number of nitrogens with zero attached hydrogens (tertiary/aromatic N) is 1. The van der Waals surface area contributed by atoms with Crippen LogP contribution in [0.2, 0.25) is 0 Å². The van der Waals surface area contributed by atoms with Crippen LogP contribution >= 0.6 is 0 Å². The van der Waals surface area contributed by atoms with Gasteiger partial charge in [-0.3, -0.25) is 4.79 Å². The summed E-state index contributed by atoms with van der Waals surface area (Å²) in [7, 11) is 0. The third-order valence-electron chi connectivity index (χ3n) is 3.41. The number of piperidine rings is 1. The summed E-state index contributed by atoms with van der Waals surface area (Å²) in [6, 6.07) is 5.28. The minimum absolute atomic E-state index is 0.390. The molecule has 0 aromatic heterocycles. The Labute approximate surface area is 102 Å². The number of hydrogen-bond acceptors (Lipinski definition) is 3. The van der Waals surface area contributed by atoms with Gasteiger partial charge in [0.05, 0.1) is 11.3 Å². The summed E-state index contributed by atoms with van der Waals surface area (Å²) in [4.78, 5) is 13.6. The lowest BCUT2D eigenvalue weighted by atomic mass is 9.98. The van der Waals surface area contributed by atoms with E-state index < -0.39 is 5.91 Å². The standard InChI is InChI=1S/C13H19N3O/c1-9-4-6-16(7-5-9)12-8-10(14)2-3-11(12)13(15)17/h2-3,8-9H,4-7,14H2,1H3,(H2,15,17). The summed E-state index contributed by atoms with van der Waals surface area (Å²) in [6.07, 6.45) is 2.29. The Kier molecular flexibility index (Phi) is 3.22. The number of carbonyl (C=O) groups is 1. The van der Waals surface area contributed by atoms with E-state index in [1.54, 1.807) is 12.1 Å². The Bertz CT molecular complexity index is 423. The van der Waals surface area contributed by atoms with Crippen LogP contribution < -0.4 is 16.4 Å². The monoisotopic (exact) mass is 233 g/mol. The molecule has 1 heterocycles. The molecular formula is C13H19N3O. The molecule has 0 atom stereocenters. The predicted molar refractivity (Wildman–Crippen MR) is 70.0 cm³/mol. The number of nitrogen functional groups attached to an aromatic ring is 1. The van der Waals surface area contributed by atoms with E-state index >= 15 is 0 Å². The van der Waals surface area contributed by atoms with Gasteiger partial charge in [-0.2, -0.15) is 0 Å². The number of nitrogens with two attached hydrogens (primary N) is 2. The second-order valence-electron chi connectivity index (χ2n) is 4.81. The molecule has 1 aromatic carbocycles. The van der Waals surface area contributed by atoms with Crippen molar-refractivity contribution in [2.75, 3.05) is 23.7 Å². The van der Waals surface area contributed by atoms with Crippen LogP contribution in [0.4, 0.5) is 11.4 Å². The summed E-state index contributed by atoms with van der Waals surface area (Å²) < 4.78 is 0. The third kappa shape index (κ3) is 2.52. The van der Waals surface area contributed by atoms with Crippen LogP contribution in [0.5, 0.6) is 0 Å². The molecule has 0 radical (unpaired) electrons. The summed E-state index contributed by atoms with van der Waals surface area (Å²) in [5.41, 5.74) is 13.3. The van der Waals surface area contributed by atoms with Gasteiger partial charge in [0.15, 0.2) is 0 Å². The van der Waals surface area contributed by atoms with Crippen LogP contribution in [0.25, 0.3) is 0 Å². The highest BCUT2D eigenvalue weighted by Gasteiger charge is 2.20. The molecule has 0 saturated carbocycles. The first-order valence-electron chi connectivity index (χ1n) is 6.02. The van der Waals surface area contributed by atoms with E-state index in [4.69, 9.17) is 11.5 Å². The van der Waals surface area contributed by atoms with Gasteiger partial charge in [-0.05, 0) is 37.0 Å². The van der Waals surface area contributed by atoms with E-state index in [2.05, 4.69) is 11.8 Å². The molecule has 4 heteroatoms. The average Bonchev–Trinajstić information content (AvgIpc) is 2.29. The number of anilines is 2. The van der Waals surface area contributed by atoms with Crippen molar-refractivity contribution in [1.29, 1.82) is 0 Å². The van der Waals surface area contributed by atoms with E-state index in [-0.39, 0.29) is 0 Å². The first-order chi connectivity index (χ1) is 8.08. The topological polar surface area (TPSA) is 72.3 Å². The number of benzene rings is 1. The Balaban J connectivity index is 2.30. The molecule has 1 fully saturated rings. The maximum Gasteiger partial charge on any atom is 0.250 e. The van der Waals surface area contributed by atoms with Crippen LogP contribution in [-0.4, -0.2) is 19.0 Å². The van der Waals surface area contributed by atoms with Gasteiger partial charge in [0.1, 0.15) is 0 Å². The van der Waals surface area contributed by atoms with Gasteiger partial charge >= 0.3 is 0 Å². The minimum Gasteiger partial charge on any atom is -0.399 e. The van der Waals surface area contributed by atoms with Crippen LogP contribution in [0.1, 0.15) is 30.1 Å². The molecule has 4 N–H and O–H groups in total. The van der Waals surface area contributed by atoms with Gasteiger partial charge in [-0.15, -0.1) is 0 Å². The van der Waals surface area contributed by atoms with Gasteiger partial charge in [0.25, 0.3) is 5.91 Å². The summed E-state index contributed by atoms with van der Waals surface area (Å²) in [5, 5.41) is 0. The molecule has 0 bridgehead atoms. The lowest BCUT2D eigenvalue weighted by Crippen LogP contribution is -2.34. The van der Waals surface area contributed by atoms with Crippen LogP contribution in [-0.2, 0) is 0 Å². The highest BCUT2D eigenvalue weighted by Crippen LogP contribution is 2.27. The molecule has 1 amide bonds. The Morgan fingerprint density at radius 2 is 2.00 bits per heavy atom. The zero-order chi connectivity index (χ0) is 12.4. The summed E-state index contributed by atoms with van der Waals surface area (Å²) in [5.74, 6) is 0.364. The fourth-order valence-electron chi connectivity index (χ4n) is 2.27. The maximum atomic E-state index is 11.4. The Hall–Kier alpha value is -1.71. The van der Waals surface area contributed by atoms with Gasteiger partial charge in [0, 0.05) is 18.8 Å². The van der Waals surface area contributed by atoms with E-state index in [0.717, 1.165) is 37.5 Å². The molecule has 2 rings (SSSR count). The first kappa shape index (κ1) is 11.8. The van der Waals surface area contributed by atoms with E-state index in [9.17, 15) is 4.79 Å². The van der Waals surface area contributed by atoms with E-state index in [0.29, 0.717) is 11.3 Å². The van der Waals surface area contributed by atoms with Crippen LogP contribution in [0.3, 0.4) is 0 Å². The van der Waals surface area contributed by atoms with Crippen molar-refractivity contribution in [2.24, 2.45) is 11.7 Å². The number of amides is 1. The fourth-order valence-corrected chi connectivity index (χ4v) is 2.27. The van der Waals surface area contributed by atoms with Crippen molar-refractivity contribution in [2.45, 2.75) is 19.8 Å². The van der Waals surface area contributed by atoms with Crippen molar-refractivity contribution < 1.29 is 4.79 Å². The average molecular weight is 233 g/mol. The second kappa shape index (κ2) is 4.65. The van der Waals surface area contributed by atoms with E-state index in [1.165, 1.54) is 0 Å². The predicted octanol–water partition coefficient (Wildman–Crippen LogP) is 1.60.